The molecular formula is C17H19FN4O3S2. The van der Waals surface area contributed by atoms with Crippen molar-refractivity contribution in [1.82, 2.24) is 20.1 Å². The number of nitrogens with zero attached hydrogens (tertiary/aromatic N) is 3. The molecule has 0 unspecified atom stereocenters. The summed E-state index contributed by atoms with van der Waals surface area (Å²) in [5.41, 5.74) is 0.707. The molecule has 1 saturated heterocycles. The van der Waals surface area contributed by atoms with Crippen molar-refractivity contribution >= 4 is 27.5 Å². The summed E-state index contributed by atoms with van der Waals surface area (Å²) in [6.45, 7) is 4.16. The van der Waals surface area contributed by atoms with E-state index in [1.807, 2.05) is 0 Å². The summed E-state index contributed by atoms with van der Waals surface area (Å²) in [6.07, 6.45) is 2.13. The summed E-state index contributed by atoms with van der Waals surface area (Å²) >= 11 is 1.20. The van der Waals surface area contributed by atoms with Crippen molar-refractivity contribution in [2.75, 3.05) is 17.3 Å². The second kappa shape index (κ2) is 8.22. The molecule has 2 aromatic rings. The molecule has 0 radical (unpaired) electrons. The third-order valence-electron chi connectivity index (χ3n) is 4.06. The van der Waals surface area contributed by atoms with Gasteiger partial charge < -0.3 is 5.32 Å². The first kappa shape index (κ1) is 19.6. The molecule has 7 nitrogen and oxygen atoms in total. The molecular weight excluding hydrogens is 391 g/mol. The molecule has 1 atom stereocenters. The normalized spacial score (nSPS) is 18.3. The Morgan fingerprint density at radius 3 is 2.74 bits per heavy atom. The van der Waals surface area contributed by atoms with Crippen LogP contribution in [-0.4, -0.2) is 52.4 Å². The number of nitrogens with one attached hydrogen (secondary N) is 1. The van der Waals surface area contributed by atoms with Gasteiger partial charge in [0.05, 0.1) is 17.3 Å². The molecule has 0 saturated carbocycles. The van der Waals surface area contributed by atoms with E-state index >= 15 is 0 Å². The second-order valence-corrected chi connectivity index (χ2v) is 9.34. The van der Waals surface area contributed by atoms with Gasteiger partial charge in [-0.05, 0) is 30.7 Å². The summed E-state index contributed by atoms with van der Waals surface area (Å²) in [6, 6.07) is 5.58. The lowest BCUT2D eigenvalue weighted by Gasteiger charge is -2.11. The van der Waals surface area contributed by atoms with E-state index < -0.39 is 9.84 Å². The van der Waals surface area contributed by atoms with Gasteiger partial charge >= 0.3 is 0 Å². The Labute approximate surface area is 161 Å². The number of rotatable bonds is 7. The van der Waals surface area contributed by atoms with Crippen LogP contribution in [0.5, 0.6) is 0 Å². The Kier molecular flexibility index (Phi) is 5.95. The maximum Gasteiger partial charge on any atom is 0.230 e. The zero-order valence-corrected chi connectivity index (χ0v) is 16.1. The Morgan fingerprint density at radius 2 is 2.11 bits per heavy atom. The van der Waals surface area contributed by atoms with Gasteiger partial charge in [-0.2, -0.15) is 0 Å². The van der Waals surface area contributed by atoms with Crippen LogP contribution < -0.4 is 5.32 Å². The minimum absolute atomic E-state index is 0.00916. The van der Waals surface area contributed by atoms with Crippen LogP contribution in [0.3, 0.4) is 0 Å². The quantitative estimate of drug-likeness (QED) is 0.551. The highest BCUT2D eigenvalue weighted by atomic mass is 32.2. The molecule has 1 aromatic carbocycles. The zero-order chi connectivity index (χ0) is 19.4. The van der Waals surface area contributed by atoms with Crippen LogP contribution >= 0.6 is 11.8 Å². The standard InChI is InChI=1S/C17H19FN4O3S2/c1-2-8-22-16(12-3-5-13(18)6-4-12)20-21-17(22)26-10-15(23)19-14-7-9-27(24,25)11-14/h2-6,14H,1,7-11H2,(H,19,23)/t14-/m0/s1. The van der Waals surface area contributed by atoms with Gasteiger partial charge in [0.1, 0.15) is 5.82 Å². The first-order valence-corrected chi connectivity index (χ1v) is 11.1. The van der Waals surface area contributed by atoms with E-state index in [-0.39, 0.29) is 35.0 Å². The number of benzene rings is 1. The SMILES string of the molecule is C=CCn1c(SCC(=O)N[C@H]2CCS(=O)(=O)C2)nnc1-c1ccc(F)cc1. The van der Waals surface area contributed by atoms with Gasteiger partial charge in [-0.1, -0.05) is 17.8 Å². The lowest BCUT2D eigenvalue weighted by atomic mass is 10.2. The van der Waals surface area contributed by atoms with Crippen LogP contribution in [0.1, 0.15) is 6.42 Å². The topological polar surface area (TPSA) is 94.0 Å². The second-order valence-electron chi connectivity index (χ2n) is 6.17. The number of halogens is 1. The van der Waals surface area contributed by atoms with Crippen LogP contribution in [0.4, 0.5) is 4.39 Å². The third kappa shape index (κ3) is 4.95. The van der Waals surface area contributed by atoms with Gasteiger partial charge in [0.25, 0.3) is 0 Å². The van der Waals surface area contributed by atoms with Crippen LogP contribution in [0, 0.1) is 5.82 Å². The molecule has 1 N–H and O–H groups in total. The third-order valence-corrected chi connectivity index (χ3v) is 6.80. The van der Waals surface area contributed by atoms with E-state index in [9.17, 15) is 17.6 Å². The van der Waals surface area contributed by atoms with Crippen molar-refractivity contribution in [1.29, 1.82) is 0 Å². The number of allylic oxidation sites excluding steroid dienone is 1. The fourth-order valence-electron chi connectivity index (χ4n) is 2.81. The smallest absolute Gasteiger partial charge is 0.230 e. The minimum Gasteiger partial charge on any atom is -0.352 e. The number of amides is 1. The molecule has 1 amide bonds. The lowest BCUT2D eigenvalue weighted by molar-refractivity contribution is -0.119. The van der Waals surface area contributed by atoms with E-state index in [2.05, 4.69) is 22.1 Å². The van der Waals surface area contributed by atoms with E-state index in [0.29, 0.717) is 29.5 Å². The van der Waals surface area contributed by atoms with E-state index in [1.165, 1.54) is 23.9 Å². The first-order chi connectivity index (χ1) is 12.9. The van der Waals surface area contributed by atoms with Gasteiger partial charge in [0.2, 0.25) is 5.91 Å². The number of aromatic nitrogens is 3. The monoisotopic (exact) mass is 410 g/mol. The molecule has 1 aliphatic rings. The Balaban J connectivity index is 1.67. The van der Waals surface area contributed by atoms with E-state index in [1.54, 1.807) is 22.8 Å². The number of thioether (sulfide) groups is 1. The molecule has 1 aromatic heterocycles. The Morgan fingerprint density at radius 1 is 1.37 bits per heavy atom. The molecule has 1 aliphatic heterocycles. The fraction of sp³-hybridized carbons (Fsp3) is 0.353. The van der Waals surface area contributed by atoms with Crippen molar-refractivity contribution in [2.24, 2.45) is 0 Å². The Bertz CT molecular complexity index is 942. The zero-order valence-electron chi connectivity index (χ0n) is 14.5. The first-order valence-electron chi connectivity index (χ1n) is 8.30. The summed E-state index contributed by atoms with van der Waals surface area (Å²) in [7, 11) is -3.04. The highest BCUT2D eigenvalue weighted by Crippen LogP contribution is 2.24. The predicted octanol–water partition coefficient (Wildman–Crippen LogP) is 1.67. The summed E-state index contributed by atoms with van der Waals surface area (Å²) in [5, 5.41) is 11.5. The van der Waals surface area contributed by atoms with Gasteiger partial charge in [-0.15, -0.1) is 16.8 Å². The van der Waals surface area contributed by atoms with Gasteiger partial charge in [0, 0.05) is 18.2 Å². The predicted molar refractivity (Wildman–Crippen MR) is 102 cm³/mol. The van der Waals surface area contributed by atoms with Crippen molar-refractivity contribution in [3.63, 3.8) is 0 Å². The fourth-order valence-corrected chi connectivity index (χ4v) is 5.24. The van der Waals surface area contributed by atoms with Crippen LogP contribution in [-0.2, 0) is 21.2 Å². The lowest BCUT2D eigenvalue weighted by Crippen LogP contribution is -2.36. The number of sulfone groups is 1. The number of hydrogen-bond acceptors (Lipinski definition) is 6. The van der Waals surface area contributed by atoms with Crippen LogP contribution in [0.15, 0.2) is 42.1 Å². The molecule has 0 spiro atoms. The summed E-state index contributed by atoms with van der Waals surface area (Å²) in [5.74, 6) is 0.159. The highest BCUT2D eigenvalue weighted by Gasteiger charge is 2.29. The number of carbonyl (C=O) groups is 1. The molecule has 1 fully saturated rings. The largest absolute Gasteiger partial charge is 0.352 e. The maximum absolute atomic E-state index is 13.1. The van der Waals surface area contributed by atoms with Crippen molar-refractivity contribution in [3.8, 4) is 11.4 Å². The van der Waals surface area contributed by atoms with Crippen molar-refractivity contribution in [3.05, 3.63) is 42.7 Å². The van der Waals surface area contributed by atoms with E-state index in [4.69, 9.17) is 0 Å². The molecule has 3 rings (SSSR count). The average Bonchev–Trinajstić information content (AvgIpc) is 3.17. The minimum atomic E-state index is -3.04. The summed E-state index contributed by atoms with van der Waals surface area (Å²) < 4.78 is 37.9. The van der Waals surface area contributed by atoms with Gasteiger partial charge in [-0.3, -0.25) is 9.36 Å². The van der Waals surface area contributed by atoms with E-state index in [0.717, 1.165) is 0 Å². The van der Waals surface area contributed by atoms with Crippen LogP contribution in [0.25, 0.3) is 11.4 Å². The molecule has 144 valence electrons. The molecule has 0 aliphatic carbocycles. The molecule has 10 heteroatoms. The maximum atomic E-state index is 13.1. The van der Waals surface area contributed by atoms with Gasteiger partial charge in [-0.25, -0.2) is 12.8 Å². The van der Waals surface area contributed by atoms with Crippen LogP contribution in [0.2, 0.25) is 0 Å². The molecule has 27 heavy (non-hydrogen) atoms. The number of carbonyl (C=O) groups excluding carboxylic acids is 1. The highest BCUT2D eigenvalue weighted by molar-refractivity contribution is 7.99. The molecule has 2 heterocycles. The van der Waals surface area contributed by atoms with Crippen molar-refractivity contribution in [2.45, 2.75) is 24.2 Å². The summed E-state index contributed by atoms with van der Waals surface area (Å²) in [4.78, 5) is 12.1. The van der Waals surface area contributed by atoms with Gasteiger partial charge in [0.15, 0.2) is 20.8 Å². The molecule has 0 bridgehead atoms. The average molecular weight is 410 g/mol. The Hall–Kier alpha value is -2.20. The number of hydrogen-bond donors (Lipinski definition) is 1. The van der Waals surface area contributed by atoms with Crippen molar-refractivity contribution < 1.29 is 17.6 Å².